The number of rotatable bonds is 5. The van der Waals surface area contributed by atoms with E-state index in [2.05, 4.69) is 10.6 Å². The minimum Gasteiger partial charge on any atom is -0.350 e. The summed E-state index contributed by atoms with van der Waals surface area (Å²) >= 11 is 11.8. The summed E-state index contributed by atoms with van der Waals surface area (Å²) in [6.07, 6.45) is -4.46. The van der Waals surface area contributed by atoms with Crippen molar-refractivity contribution in [3.05, 3.63) is 69.2 Å². The first-order chi connectivity index (χ1) is 12.2. The predicted molar refractivity (Wildman–Crippen MR) is 92.6 cm³/mol. The van der Waals surface area contributed by atoms with Crippen molar-refractivity contribution >= 4 is 35.0 Å². The van der Waals surface area contributed by atoms with Gasteiger partial charge in [-0.25, -0.2) is 0 Å². The lowest BCUT2D eigenvalue weighted by molar-refractivity contribution is -0.137. The first-order valence-corrected chi connectivity index (χ1v) is 8.13. The molecule has 9 heteroatoms. The van der Waals surface area contributed by atoms with Crippen molar-refractivity contribution in [2.45, 2.75) is 6.18 Å². The molecule has 0 heterocycles. The van der Waals surface area contributed by atoms with E-state index in [0.29, 0.717) is 0 Å². The monoisotopic (exact) mass is 404 g/mol. The molecule has 0 spiro atoms. The van der Waals surface area contributed by atoms with Gasteiger partial charge in [0.25, 0.3) is 11.8 Å². The van der Waals surface area contributed by atoms with Crippen LogP contribution in [0.15, 0.2) is 42.5 Å². The minimum atomic E-state index is -4.46. The van der Waals surface area contributed by atoms with Gasteiger partial charge in [-0.3, -0.25) is 9.59 Å². The van der Waals surface area contributed by atoms with Crippen LogP contribution in [-0.4, -0.2) is 24.9 Å². The quantitative estimate of drug-likeness (QED) is 0.734. The van der Waals surface area contributed by atoms with E-state index in [1.165, 1.54) is 6.07 Å². The lowest BCUT2D eigenvalue weighted by Gasteiger charge is -2.10. The Kier molecular flexibility index (Phi) is 6.50. The van der Waals surface area contributed by atoms with Crippen LogP contribution in [-0.2, 0) is 6.18 Å². The van der Waals surface area contributed by atoms with E-state index < -0.39 is 23.6 Å². The Labute approximate surface area is 157 Å². The summed E-state index contributed by atoms with van der Waals surface area (Å²) in [6.45, 7) is 0.192. The third kappa shape index (κ3) is 5.12. The molecular formula is C17H13Cl2F3N2O2. The molecule has 2 amide bonds. The highest BCUT2D eigenvalue weighted by atomic mass is 35.5. The van der Waals surface area contributed by atoms with E-state index in [9.17, 15) is 22.8 Å². The van der Waals surface area contributed by atoms with Crippen molar-refractivity contribution in [2.24, 2.45) is 0 Å². The molecule has 0 aromatic heterocycles. The van der Waals surface area contributed by atoms with Crippen molar-refractivity contribution in [1.29, 1.82) is 0 Å². The van der Waals surface area contributed by atoms with Crippen LogP contribution in [0, 0.1) is 0 Å². The van der Waals surface area contributed by atoms with Gasteiger partial charge < -0.3 is 10.6 Å². The van der Waals surface area contributed by atoms with Crippen molar-refractivity contribution in [3.8, 4) is 0 Å². The van der Waals surface area contributed by atoms with Crippen LogP contribution < -0.4 is 10.6 Å². The Morgan fingerprint density at radius 1 is 0.885 bits per heavy atom. The number of halogens is 5. The largest absolute Gasteiger partial charge is 0.416 e. The van der Waals surface area contributed by atoms with Gasteiger partial charge in [0, 0.05) is 18.7 Å². The van der Waals surface area contributed by atoms with Gasteiger partial charge in [0.2, 0.25) is 0 Å². The average molecular weight is 405 g/mol. The molecular weight excluding hydrogens is 392 g/mol. The van der Waals surface area contributed by atoms with E-state index in [0.717, 1.165) is 24.3 Å². The molecule has 2 aromatic rings. The molecule has 0 saturated heterocycles. The number of alkyl halides is 3. The second-order valence-electron chi connectivity index (χ2n) is 5.19. The van der Waals surface area contributed by atoms with Gasteiger partial charge in [-0.2, -0.15) is 13.2 Å². The molecule has 26 heavy (non-hydrogen) atoms. The average Bonchev–Trinajstić information content (AvgIpc) is 2.60. The molecule has 0 aliphatic rings. The first kappa shape index (κ1) is 20.1. The van der Waals surface area contributed by atoms with Crippen LogP contribution in [0.1, 0.15) is 26.3 Å². The van der Waals surface area contributed by atoms with Gasteiger partial charge in [-0.15, -0.1) is 0 Å². The fourth-order valence-electron chi connectivity index (χ4n) is 2.04. The van der Waals surface area contributed by atoms with Gasteiger partial charge in [0.1, 0.15) is 0 Å². The van der Waals surface area contributed by atoms with Crippen LogP contribution in [0.2, 0.25) is 10.0 Å². The molecule has 2 rings (SSSR count). The zero-order valence-corrected chi connectivity index (χ0v) is 14.7. The van der Waals surface area contributed by atoms with Crippen LogP contribution in [0.3, 0.4) is 0 Å². The first-order valence-electron chi connectivity index (χ1n) is 7.38. The number of hydrogen-bond acceptors (Lipinski definition) is 2. The Morgan fingerprint density at radius 3 is 2.04 bits per heavy atom. The lowest BCUT2D eigenvalue weighted by atomic mass is 10.1. The molecule has 0 unspecified atom stereocenters. The Morgan fingerprint density at radius 2 is 1.46 bits per heavy atom. The summed E-state index contributed by atoms with van der Waals surface area (Å²) < 4.78 is 37.4. The molecule has 0 fully saturated rings. The molecule has 138 valence electrons. The lowest BCUT2D eigenvalue weighted by Crippen LogP contribution is -2.34. The molecule has 0 radical (unpaired) electrons. The summed E-state index contributed by atoms with van der Waals surface area (Å²) in [5, 5.41) is 5.42. The molecule has 4 nitrogen and oxygen atoms in total. The summed E-state index contributed by atoms with van der Waals surface area (Å²) in [4.78, 5) is 23.9. The van der Waals surface area contributed by atoms with Crippen LogP contribution in [0.5, 0.6) is 0 Å². The summed E-state index contributed by atoms with van der Waals surface area (Å²) in [7, 11) is 0. The van der Waals surface area contributed by atoms with E-state index in [4.69, 9.17) is 23.2 Å². The van der Waals surface area contributed by atoms with E-state index >= 15 is 0 Å². The molecule has 0 aliphatic carbocycles. The van der Waals surface area contributed by atoms with E-state index in [-0.39, 0.29) is 34.3 Å². The van der Waals surface area contributed by atoms with Crippen molar-refractivity contribution in [1.82, 2.24) is 10.6 Å². The third-order valence-corrected chi connectivity index (χ3v) is 4.19. The van der Waals surface area contributed by atoms with Gasteiger partial charge >= 0.3 is 6.18 Å². The Bertz CT molecular complexity index is 809. The second kappa shape index (κ2) is 8.42. The van der Waals surface area contributed by atoms with Gasteiger partial charge in [0.15, 0.2) is 0 Å². The Hall–Kier alpha value is -2.25. The minimum absolute atomic E-state index is 0.0854. The van der Waals surface area contributed by atoms with Gasteiger partial charge in [0.05, 0.1) is 21.2 Å². The van der Waals surface area contributed by atoms with E-state index in [1.807, 2.05) is 0 Å². The molecule has 0 saturated carbocycles. The molecule has 0 bridgehead atoms. The number of benzene rings is 2. The number of nitrogens with one attached hydrogen (secondary N) is 2. The highest BCUT2D eigenvalue weighted by Crippen LogP contribution is 2.29. The van der Waals surface area contributed by atoms with E-state index in [1.54, 1.807) is 12.1 Å². The standard InChI is InChI=1S/C17H13Cl2F3N2O2/c18-13-3-1-2-12(14(13)19)16(26)24-9-8-23-15(25)10-4-6-11(7-5-10)17(20,21)22/h1-7H,8-9H2,(H,23,25)(H,24,26). The van der Waals surface area contributed by atoms with Crippen molar-refractivity contribution in [2.75, 3.05) is 13.1 Å². The SMILES string of the molecule is O=C(NCCNC(=O)c1cccc(Cl)c1Cl)c1ccc(C(F)(F)F)cc1. The molecule has 0 atom stereocenters. The number of carbonyl (C=O) groups excluding carboxylic acids is 2. The van der Waals surface area contributed by atoms with Crippen molar-refractivity contribution in [3.63, 3.8) is 0 Å². The molecule has 2 aromatic carbocycles. The second-order valence-corrected chi connectivity index (χ2v) is 5.97. The number of amides is 2. The summed E-state index contributed by atoms with van der Waals surface area (Å²) in [6, 6.07) is 8.46. The predicted octanol–water partition coefficient (Wildman–Crippen LogP) is 4.17. The Balaban J connectivity index is 1.83. The summed E-state index contributed by atoms with van der Waals surface area (Å²) in [5.41, 5.74) is -0.546. The van der Waals surface area contributed by atoms with Crippen LogP contribution >= 0.6 is 23.2 Å². The normalized spacial score (nSPS) is 11.1. The number of carbonyl (C=O) groups is 2. The van der Waals surface area contributed by atoms with Crippen molar-refractivity contribution < 1.29 is 22.8 Å². The highest BCUT2D eigenvalue weighted by molar-refractivity contribution is 6.43. The number of hydrogen-bond donors (Lipinski definition) is 2. The topological polar surface area (TPSA) is 58.2 Å². The molecule has 2 N–H and O–H groups in total. The van der Waals surface area contributed by atoms with Crippen LogP contribution in [0.25, 0.3) is 0 Å². The van der Waals surface area contributed by atoms with Crippen LogP contribution in [0.4, 0.5) is 13.2 Å². The van der Waals surface area contributed by atoms with Gasteiger partial charge in [-0.05, 0) is 36.4 Å². The fourth-order valence-corrected chi connectivity index (χ4v) is 2.43. The maximum atomic E-state index is 12.5. The van der Waals surface area contributed by atoms with Gasteiger partial charge in [-0.1, -0.05) is 29.3 Å². The smallest absolute Gasteiger partial charge is 0.350 e. The maximum Gasteiger partial charge on any atom is 0.416 e. The summed E-state index contributed by atoms with van der Waals surface area (Å²) in [5.74, 6) is -1.00. The molecule has 0 aliphatic heterocycles. The zero-order chi connectivity index (χ0) is 19.3. The highest BCUT2D eigenvalue weighted by Gasteiger charge is 2.30. The maximum absolute atomic E-state index is 12.5. The fraction of sp³-hybridized carbons (Fsp3) is 0.176. The zero-order valence-electron chi connectivity index (χ0n) is 13.2. The third-order valence-electron chi connectivity index (χ3n) is 3.37.